The number of aromatic nitrogens is 1. The van der Waals surface area contributed by atoms with E-state index in [1.807, 2.05) is 6.92 Å². The first-order valence-corrected chi connectivity index (χ1v) is 5.07. The van der Waals surface area contributed by atoms with Crippen molar-refractivity contribution in [3.8, 4) is 0 Å². The van der Waals surface area contributed by atoms with Crippen molar-refractivity contribution in [2.24, 2.45) is 0 Å². The van der Waals surface area contributed by atoms with Crippen molar-refractivity contribution < 1.29 is 13.9 Å². The predicted molar refractivity (Wildman–Crippen MR) is 58.0 cm³/mol. The Morgan fingerprint density at radius 3 is 2.75 bits per heavy atom. The Hall–Kier alpha value is -1.43. The molecule has 4 nitrogen and oxygen atoms in total. The number of halogens is 2. The highest BCUT2D eigenvalue weighted by molar-refractivity contribution is 5.45. The number of anilines is 2. The molecule has 0 saturated heterocycles. The molecule has 1 rings (SSSR count). The maximum atomic E-state index is 13.3. The summed E-state index contributed by atoms with van der Waals surface area (Å²) in [5.41, 5.74) is 5.24. The zero-order chi connectivity index (χ0) is 12.1. The molecule has 0 saturated carbocycles. The molecule has 1 aromatic heterocycles. The molecule has 1 unspecified atom stereocenters. The Labute approximate surface area is 92.5 Å². The van der Waals surface area contributed by atoms with Gasteiger partial charge in [-0.15, -0.1) is 0 Å². The molecule has 0 spiro atoms. The van der Waals surface area contributed by atoms with Crippen LogP contribution < -0.4 is 11.1 Å². The fourth-order valence-corrected chi connectivity index (χ4v) is 1.31. The Morgan fingerprint density at radius 2 is 2.19 bits per heavy atom. The minimum Gasteiger partial charge on any atom is -0.396 e. The van der Waals surface area contributed by atoms with E-state index in [-0.39, 0.29) is 24.3 Å². The van der Waals surface area contributed by atoms with Crippen molar-refractivity contribution in [1.82, 2.24) is 4.98 Å². The van der Waals surface area contributed by atoms with Crippen LogP contribution in [0, 0.1) is 11.6 Å². The van der Waals surface area contributed by atoms with Gasteiger partial charge in [0.15, 0.2) is 23.3 Å². The molecule has 1 aromatic rings. The van der Waals surface area contributed by atoms with Crippen molar-refractivity contribution in [1.29, 1.82) is 0 Å². The molecule has 6 heteroatoms. The van der Waals surface area contributed by atoms with Gasteiger partial charge in [0.25, 0.3) is 0 Å². The largest absolute Gasteiger partial charge is 0.396 e. The monoisotopic (exact) mass is 231 g/mol. The Kier molecular flexibility index (Phi) is 4.42. The van der Waals surface area contributed by atoms with Crippen LogP contribution in [0.25, 0.3) is 0 Å². The number of hydrogen-bond donors (Lipinski definition) is 3. The van der Waals surface area contributed by atoms with Crippen LogP contribution in [-0.2, 0) is 0 Å². The predicted octanol–water partition coefficient (Wildman–Crippen LogP) is 1.51. The van der Waals surface area contributed by atoms with E-state index < -0.39 is 11.6 Å². The first kappa shape index (κ1) is 12.6. The summed E-state index contributed by atoms with van der Waals surface area (Å²) in [6, 6.07) is 0.577. The minimum atomic E-state index is -0.877. The van der Waals surface area contributed by atoms with Gasteiger partial charge >= 0.3 is 0 Å². The average molecular weight is 231 g/mol. The highest BCUT2D eigenvalue weighted by Gasteiger charge is 2.13. The maximum Gasteiger partial charge on any atom is 0.168 e. The van der Waals surface area contributed by atoms with E-state index in [4.69, 9.17) is 10.8 Å². The van der Waals surface area contributed by atoms with E-state index in [0.29, 0.717) is 18.9 Å². The Bertz CT molecular complexity index is 360. The molecule has 1 atom stereocenters. The third-order valence-electron chi connectivity index (χ3n) is 2.27. The molecule has 1 heterocycles. The van der Waals surface area contributed by atoms with E-state index in [9.17, 15) is 8.78 Å². The zero-order valence-electron chi connectivity index (χ0n) is 9.00. The fraction of sp³-hybridized carbons (Fsp3) is 0.500. The molecule has 16 heavy (non-hydrogen) atoms. The van der Waals surface area contributed by atoms with Crippen molar-refractivity contribution in [2.45, 2.75) is 25.8 Å². The topological polar surface area (TPSA) is 71.2 Å². The van der Waals surface area contributed by atoms with Gasteiger partial charge in [0, 0.05) is 18.7 Å². The van der Waals surface area contributed by atoms with Crippen LogP contribution in [0.5, 0.6) is 0 Å². The quantitative estimate of drug-likeness (QED) is 0.718. The van der Waals surface area contributed by atoms with Crippen molar-refractivity contribution in [3.63, 3.8) is 0 Å². The van der Waals surface area contributed by atoms with Crippen molar-refractivity contribution in [2.75, 3.05) is 17.7 Å². The fourth-order valence-electron chi connectivity index (χ4n) is 1.31. The molecular formula is C10H15F2N3O. The van der Waals surface area contributed by atoms with Gasteiger partial charge < -0.3 is 16.2 Å². The maximum absolute atomic E-state index is 13.3. The summed E-state index contributed by atoms with van der Waals surface area (Å²) >= 11 is 0. The first-order valence-electron chi connectivity index (χ1n) is 5.07. The summed E-state index contributed by atoms with van der Waals surface area (Å²) in [5.74, 6) is -2.09. The number of nitrogens with one attached hydrogen (secondary N) is 1. The van der Waals surface area contributed by atoms with Crippen LogP contribution in [0.15, 0.2) is 6.07 Å². The second kappa shape index (κ2) is 5.60. The number of hydrogen-bond acceptors (Lipinski definition) is 4. The second-order valence-electron chi connectivity index (χ2n) is 3.45. The number of aliphatic hydroxyl groups excluding tert-OH is 1. The molecule has 4 N–H and O–H groups in total. The Balaban J connectivity index is 2.83. The molecule has 0 aliphatic carbocycles. The summed E-state index contributed by atoms with van der Waals surface area (Å²) in [4.78, 5) is 3.58. The SMILES string of the molecule is CCC(CCO)Nc1nc(N)c(F)cc1F. The lowest BCUT2D eigenvalue weighted by atomic mass is 10.1. The normalized spacial score (nSPS) is 12.5. The lowest BCUT2D eigenvalue weighted by Crippen LogP contribution is -2.21. The molecule has 0 aromatic carbocycles. The van der Waals surface area contributed by atoms with Gasteiger partial charge in [-0.25, -0.2) is 13.8 Å². The zero-order valence-corrected chi connectivity index (χ0v) is 9.00. The lowest BCUT2D eigenvalue weighted by molar-refractivity contribution is 0.278. The van der Waals surface area contributed by atoms with Gasteiger partial charge in [0.1, 0.15) is 0 Å². The molecule has 0 amide bonds. The van der Waals surface area contributed by atoms with E-state index in [2.05, 4.69) is 10.3 Å². The van der Waals surface area contributed by atoms with Gasteiger partial charge in [-0.1, -0.05) is 6.92 Å². The van der Waals surface area contributed by atoms with Crippen LogP contribution in [0.1, 0.15) is 19.8 Å². The van der Waals surface area contributed by atoms with Gasteiger partial charge in [-0.05, 0) is 12.8 Å². The number of aliphatic hydroxyl groups is 1. The molecule has 0 aliphatic rings. The van der Waals surface area contributed by atoms with E-state index in [1.54, 1.807) is 0 Å². The van der Waals surface area contributed by atoms with Crippen LogP contribution in [0.4, 0.5) is 20.4 Å². The summed E-state index contributed by atoms with van der Waals surface area (Å²) in [6.07, 6.45) is 1.16. The number of nitrogen functional groups attached to an aromatic ring is 1. The van der Waals surface area contributed by atoms with E-state index in [1.165, 1.54) is 0 Å². The Morgan fingerprint density at radius 1 is 1.50 bits per heavy atom. The molecule has 0 bridgehead atoms. The molecular weight excluding hydrogens is 216 g/mol. The highest BCUT2D eigenvalue weighted by atomic mass is 19.1. The number of nitrogens with zero attached hydrogens (tertiary/aromatic N) is 1. The smallest absolute Gasteiger partial charge is 0.168 e. The number of pyridine rings is 1. The van der Waals surface area contributed by atoms with Gasteiger partial charge in [0.05, 0.1) is 0 Å². The summed E-state index contributed by atoms with van der Waals surface area (Å²) < 4.78 is 26.1. The van der Waals surface area contributed by atoms with Gasteiger partial charge in [-0.2, -0.15) is 0 Å². The third kappa shape index (κ3) is 3.03. The number of rotatable bonds is 5. The van der Waals surface area contributed by atoms with E-state index >= 15 is 0 Å². The second-order valence-corrected chi connectivity index (χ2v) is 3.45. The van der Waals surface area contributed by atoms with E-state index in [0.717, 1.165) is 0 Å². The molecule has 0 radical (unpaired) electrons. The van der Waals surface area contributed by atoms with Gasteiger partial charge in [0.2, 0.25) is 0 Å². The van der Waals surface area contributed by atoms with Crippen molar-refractivity contribution in [3.05, 3.63) is 17.7 Å². The molecule has 0 fully saturated rings. The standard InChI is InChI=1S/C10H15F2N3O/c1-2-6(3-4-16)14-10-8(12)5-7(11)9(13)15-10/h5-6,16H,2-4H2,1H3,(H3,13,14,15). The molecule has 90 valence electrons. The van der Waals surface area contributed by atoms with Crippen LogP contribution in [0.2, 0.25) is 0 Å². The first-order chi connectivity index (χ1) is 7.58. The average Bonchev–Trinajstić information content (AvgIpc) is 2.25. The highest BCUT2D eigenvalue weighted by Crippen LogP contribution is 2.18. The van der Waals surface area contributed by atoms with Gasteiger partial charge in [-0.3, -0.25) is 0 Å². The number of nitrogens with two attached hydrogens (primary N) is 1. The lowest BCUT2D eigenvalue weighted by Gasteiger charge is -2.17. The summed E-state index contributed by atoms with van der Waals surface area (Å²) in [7, 11) is 0. The summed E-state index contributed by atoms with van der Waals surface area (Å²) in [5, 5.41) is 11.5. The summed E-state index contributed by atoms with van der Waals surface area (Å²) in [6.45, 7) is 1.88. The van der Waals surface area contributed by atoms with Crippen LogP contribution in [-0.4, -0.2) is 22.7 Å². The van der Waals surface area contributed by atoms with Crippen LogP contribution >= 0.6 is 0 Å². The third-order valence-corrected chi connectivity index (χ3v) is 2.27. The van der Waals surface area contributed by atoms with Crippen molar-refractivity contribution >= 4 is 11.6 Å². The molecule has 0 aliphatic heterocycles. The minimum absolute atomic E-state index is 0.0101. The van der Waals surface area contributed by atoms with Crippen LogP contribution in [0.3, 0.4) is 0 Å².